The normalized spacial score (nSPS) is 48.1. The van der Waals surface area contributed by atoms with Crippen molar-refractivity contribution in [2.45, 2.75) is 38.9 Å². The van der Waals surface area contributed by atoms with Crippen LogP contribution in [0.4, 0.5) is 0 Å². The number of hydrogen-bond acceptors (Lipinski definition) is 3. The van der Waals surface area contributed by atoms with Crippen molar-refractivity contribution in [3.63, 3.8) is 0 Å². The molecular weight excluding hydrogens is 200 g/mol. The van der Waals surface area contributed by atoms with Crippen molar-refractivity contribution in [2.24, 2.45) is 10.8 Å². The summed E-state index contributed by atoms with van der Waals surface area (Å²) in [5.41, 5.74) is -2.56. The van der Waals surface area contributed by atoms with Crippen molar-refractivity contribution in [3.05, 3.63) is 0 Å². The third-order valence-electron chi connectivity index (χ3n) is 4.14. The molecule has 2 fully saturated rings. The van der Waals surface area contributed by atoms with Crippen LogP contribution in [0.5, 0.6) is 0 Å². The molecule has 2 aliphatic rings. The molecule has 0 aromatic heterocycles. The second kappa shape index (κ2) is 2.72. The molecule has 4 unspecified atom stereocenters. The topological polar surface area (TPSA) is 87.1 Å². The first-order valence-corrected chi connectivity index (χ1v) is 4.96. The fraction of sp³-hybridized carbons (Fsp3) is 0.800. The maximum Gasteiger partial charge on any atom is 0.313 e. The Bertz CT molecular complexity index is 339. The van der Waals surface area contributed by atoms with Gasteiger partial charge in [0.2, 0.25) is 0 Å². The van der Waals surface area contributed by atoms with E-state index in [0.29, 0.717) is 12.8 Å². The van der Waals surface area contributed by atoms with Crippen LogP contribution >= 0.6 is 0 Å². The van der Waals surface area contributed by atoms with Crippen molar-refractivity contribution >= 4 is 11.9 Å². The van der Waals surface area contributed by atoms with E-state index in [-0.39, 0.29) is 6.10 Å². The van der Waals surface area contributed by atoms with Gasteiger partial charge in [-0.1, -0.05) is 0 Å². The van der Waals surface area contributed by atoms with Crippen LogP contribution in [0.2, 0.25) is 0 Å². The molecule has 1 aliphatic heterocycles. The lowest BCUT2D eigenvalue weighted by Crippen LogP contribution is -2.55. The SMILES string of the molecule is CC1(C(=O)O)CCC2OC2C1(C)C(=O)O. The highest BCUT2D eigenvalue weighted by atomic mass is 16.6. The minimum absolute atomic E-state index is 0.0569. The van der Waals surface area contributed by atoms with E-state index in [1.807, 2.05) is 0 Å². The molecule has 0 bridgehead atoms. The van der Waals surface area contributed by atoms with Gasteiger partial charge in [0.05, 0.1) is 11.5 Å². The molecule has 0 amide bonds. The summed E-state index contributed by atoms with van der Waals surface area (Å²) in [4.78, 5) is 22.5. The van der Waals surface area contributed by atoms with Crippen molar-refractivity contribution in [3.8, 4) is 0 Å². The minimum Gasteiger partial charge on any atom is -0.481 e. The van der Waals surface area contributed by atoms with E-state index in [0.717, 1.165) is 0 Å². The Hall–Kier alpha value is -1.10. The molecule has 1 saturated carbocycles. The number of hydrogen-bond donors (Lipinski definition) is 2. The fourth-order valence-corrected chi connectivity index (χ4v) is 2.56. The molecular formula is C10H14O5. The van der Waals surface area contributed by atoms with Crippen LogP contribution in [0, 0.1) is 10.8 Å². The molecule has 2 rings (SSSR count). The Balaban J connectivity index is 2.45. The number of fused-ring (bicyclic) bond motifs is 1. The number of ether oxygens (including phenoxy) is 1. The number of aliphatic carboxylic acids is 2. The zero-order valence-corrected chi connectivity index (χ0v) is 8.69. The molecule has 0 aromatic carbocycles. The maximum atomic E-state index is 11.3. The van der Waals surface area contributed by atoms with Crippen molar-refractivity contribution < 1.29 is 24.5 Å². The highest BCUT2D eigenvalue weighted by Gasteiger charge is 2.70. The van der Waals surface area contributed by atoms with Gasteiger partial charge in [0.15, 0.2) is 0 Å². The Morgan fingerprint density at radius 3 is 2.33 bits per heavy atom. The average molecular weight is 214 g/mol. The number of carboxylic acids is 2. The summed E-state index contributed by atoms with van der Waals surface area (Å²) >= 11 is 0. The van der Waals surface area contributed by atoms with Gasteiger partial charge in [-0.05, 0) is 26.7 Å². The van der Waals surface area contributed by atoms with Crippen LogP contribution in [-0.4, -0.2) is 34.4 Å². The highest BCUT2D eigenvalue weighted by molar-refractivity contribution is 5.87. The van der Waals surface area contributed by atoms with Gasteiger partial charge in [-0.2, -0.15) is 0 Å². The number of epoxide rings is 1. The standard InChI is InChI=1S/C10H14O5/c1-9(7(11)12)4-3-5-6(15-5)10(9,2)8(13)14/h5-6H,3-4H2,1-2H3,(H,11,12)(H,13,14). The lowest BCUT2D eigenvalue weighted by Gasteiger charge is -2.41. The van der Waals surface area contributed by atoms with E-state index in [1.54, 1.807) is 0 Å². The van der Waals surface area contributed by atoms with Gasteiger partial charge in [-0.25, -0.2) is 0 Å². The van der Waals surface area contributed by atoms with Crippen LogP contribution < -0.4 is 0 Å². The van der Waals surface area contributed by atoms with Gasteiger partial charge < -0.3 is 14.9 Å². The van der Waals surface area contributed by atoms with E-state index in [1.165, 1.54) is 13.8 Å². The molecule has 5 nitrogen and oxygen atoms in total. The molecule has 15 heavy (non-hydrogen) atoms. The van der Waals surface area contributed by atoms with E-state index in [4.69, 9.17) is 4.74 Å². The Morgan fingerprint density at radius 2 is 1.87 bits per heavy atom. The highest BCUT2D eigenvalue weighted by Crippen LogP contribution is 2.58. The lowest BCUT2D eigenvalue weighted by molar-refractivity contribution is -0.175. The first kappa shape index (κ1) is 10.4. The van der Waals surface area contributed by atoms with E-state index < -0.39 is 28.9 Å². The molecule has 84 valence electrons. The lowest BCUT2D eigenvalue weighted by atomic mass is 9.57. The summed E-state index contributed by atoms with van der Waals surface area (Å²) in [6.45, 7) is 2.98. The monoisotopic (exact) mass is 214 g/mol. The quantitative estimate of drug-likeness (QED) is 0.661. The summed E-state index contributed by atoms with van der Waals surface area (Å²) in [6, 6.07) is 0. The predicted octanol–water partition coefficient (Wildman–Crippen LogP) is 0.729. The summed E-state index contributed by atoms with van der Waals surface area (Å²) in [6.07, 6.45) is 0.492. The first-order chi connectivity index (χ1) is 6.84. The third-order valence-corrected chi connectivity index (χ3v) is 4.14. The minimum atomic E-state index is -1.32. The summed E-state index contributed by atoms with van der Waals surface area (Å²) in [5.74, 6) is -2.14. The Morgan fingerprint density at radius 1 is 1.27 bits per heavy atom. The zero-order valence-electron chi connectivity index (χ0n) is 8.69. The second-order valence-corrected chi connectivity index (χ2v) is 4.78. The van der Waals surface area contributed by atoms with E-state index >= 15 is 0 Å². The predicted molar refractivity (Wildman–Crippen MR) is 49.4 cm³/mol. The van der Waals surface area contributed by atoms with Gasteiger partial charge >= 0.3 is 11.9 Å². The number of carboxylic acid groups (broad SMARTS) is 2. The molecule has 2 N–H and O–H groups in total. The molecule has 0 radical (unpaired) electrons. The third kappa shape index (κ3) is 1.07. The van der Waals surface area contributed by atoms with Crippen molar-refractivity contribution in [2.75, 3.05) is 0 Å². The molecule has 4 atom stereocenters. The van der Waals surface area contributed by atoms with Crippen molar-refractivity contribution in [1.29, 1.82) is 0 Å². The van der Waals surface area contributed by atoms with Gasteiger partial charge in [0.25, 0.3) is 0 Å². The summed E-state index contributed by atoms with van der Waals surface area (Å²) in [5, 5.41) is 18.4. The van der Waals surface area contributed by atoms with Gasteiger partial charge in [0, 0.05) is 0 Å². The van der Waals surface area contributed by atoms with Gasteiger partial charge in [-0.3, -0.25) is 9.59 Å². The smallest absolute Gasteiger partial charge is 0.313 e. The molecule has 0 aromatic rings. The molecule has 1 saturated heterocycles. The van der Waals surface area contributed by atoms with E-state index in [9.17, 15) is 19.8 Å². The number of carbonyl (C=O) groups is 2. The Kier molecular flexibility index (Phi) is 1.89. The van der Waals surface area contributed by atoms with Gasteiger partial charge in [-0.15, -0.1) is 0 Å². The van der Waals surface area contributed by atoms with Crippen molar-refractivity contribution in [1.82, 2.24) is 0 Å². The van der Waals surface area contributed by atoms with E-state index in [2.05, 4.69) is 0 Å². The second-order valence-electron chi connectivity index (χ2n) is 4.78. The fourth-order valence-electron chi connectivity index (χ4n) is 2.56. The number of rotatable bonds is 2. The summed E-state index contributed by atoms with van der Waals surface area (Å²) < 4.78 is 5.26. The molecule has 1 aliphatic carbocycles. The van der Waals surface area contributed by atoms with Gasteiger partial charge in [0.1, 0.15) is 11.5 Å². The maximum absolute atomic E-state index is 11.3. The summed E-state index contributed by atoms with van der Waals surface area (Å²) in [7, 11) is 0. The largest absolute Gasteiger partial charge is 0.481 e. The zero-order chi connectivity index (χ0) is 11.4. The van der Waals surface area contributed by atoms with Crippen LogP contribution in [0.3, 0.4) is 0 Å². The first-order valence-electron chi connectivity index (χ1n) is 4.96. The molecule has 0 spiro atoms. The van der Waals surface area contributed by atoms with Crippen LogP contribution in [0.15, 0.2) is 0 Å². The van der Waals surface area contributed by atoms with Crippen LogP contribution in [0.1, 0.15) is 26.7 Å². The molecule has 5 heteroatoms. The van der Waals surface area contributed by atoms with Crippen LogP contribution in [0.25, 0.3) is 0 Å². The van der Waals surface area contributed by atoms with Crippen LogP contribution in [-0.2, 0) is 14.3 Å². The Labute approximate surface area is 87.0 Å². The molecule has 1 heterocycles. The average Bonchev–Trinajstić information content (AvgIpc) is 2.90.